The largest absolute Gasteiger partial charge is 0.427 e. The molecule has 0 aromatic heterocycles. The van der Waals surface area contributed by atoms with Crippen molar-refractivity contribution in [1.82, 2.24) is 0 Å². The lowest BCUT2D eigenvalue weighted by molar-refractivity contribution is -0.131. The van der Waals surface area contributed by atoms with Gasteiger partial charge in [-0.2, -0.15) is 20.5 Å². The Bertz CT molecular complexity index is 1010. The van der Waals surface area contributed by atoms with Crippen LogP contribution >= 0.6 is 0 Å². The Morgan fingerprint density at radius 1 is 0.767 bits per heavy atom. The first-order valence-corrected chi connectivity index (χ1v) is 9.29. The van der Waals surface area contributed by atoms with Gasteiger partial charge in [-0.15, -0.1) is 0 Å². The van der Waals surface area contributed by atoms with E-state index < -0.39 is 0 Å². The van der Waals surface area contributed by atoms with Gasteiger partial charge in [0.2, 0.25) is 0 Å². The van der Waals surface area contributed by atoms with Crippen LogP contribution in [0.5, 0.6) is 5.75 Å². The Kier molecular flexibility index (Phi) is 7.34. The van der Waals surface area contributed by atoms with Crippen molar-refractivity contribution in [1.29, 1.82) is 0 Å². The van der Waals surface area contributed by atoms with E-state index in [1.807, 2.05) is 24.3 Å². The minimum atomic E-state index is -0.367. The molecule has 2 N–H and O–H groups in total. The molecule has 0 fully saturated rings. The lowest BCUT2D eigenvalue weighted by Gasteiger charge is -2.03. The van der Waals surface area contributed by atoms with E-state index in [2.05, 4.69) is 25.8 Å². The van der Waals surface area contributed by atoms with Crippen LogP contribution in [0.3, 0.4) is 0 Å². The highest BCUT2D eigenvalue weighted by atomic mass is 16.5. The first-order chi connectivity index (χ1) is 14.6. The normalized spacial score (nSPS) is 11.1. The van der Waals surface area contributed by atoms with Gasteiger partial charge in [-0.25, -0.2) is 0 Å². The Hall–Kier alpha value is -3.91. The Morgan fingerprint density at radius 2 is 1.17 bits per heavy atom. The molecule has 0 radical (unpaired) electrons. The topological polar surface area (TPSA) is 108 Å². The van der Waals surface area contributed by atoms with E-state index in [0.29, 0.717) is 29.4 Å². The molecule has 3 aromatic carbocycles. The number of ether oxygens (including phenoxy) is 1. The molecule has 0 atom stereocenters. The van der Waals surface area contributed by atoms with E-state index in [1.54, 1.807) is 48.5 Å². The summed E-state index contributed by atoms with van der Waals surface area (Å²) in [5, 5.41) is 28.6. The molecular weight excluding hydrogens is 382 g/mol. The summed E-state index contributed by atoms with van der Waals surface area (Å²) in [6, 6.07) is 21.4. The smallest absolute Gasteiger partial charge is 0.308 e. The number of nitrogens with zero attached hydrogens (tertiary/aromatic N) is 4. The molecule has 0 saturated heterocycles. The molecule has 8 nitrogen and oxygen atoms in total. The van der Waals surface area contributed by atoms with Gasteiger partial charge >= 0.3 is 5.97 Å². The molecule has 3 rings (SSSR count). The molecule has 0 saturated carbocycles. The summed E-state index contributed by atoms with van der Waals surface area (Å²) >= 11 is 0. The van der Waals surface area contributed by atoms with Gasteiger partial charge in [-0.3, -0.25) is 4.79 Å². The Labute approximate surface area is 174 Å². The molecule has 0 amide bonds. The highest BCUT2D eigenvalue weighted by Gasteiger charge is 1.98. The minimum absolute atomic E-state index is 0.0827. The maximum Gasteiger partial charge on any atom is 0.308 e. The van der Waals surface area contributed by atoms with E-state index >= 15 is 0 Å². The van der Waals surface area contributed by atoms with Gasteiger partial charge in [0.25, 0.3) is 0 Å². The first-order valence-electron chi connectivity index (χ1n) is 9.29. The summed E-state index contributed by atoms with van der Waals surface area (Å²) in [6.45, 7) is 1.94. The average molecular weight is 403 g/mol. The first kappa shape index (κ1) is 20.8. The number of nitrogens with one attached hydrogen (secondary N) is 1. The van der Waals surface area contributed by atoms with Crippen molar-refractivity contribution in [2.45, 2.75) is 6.92 Å². The van der Waals surface area contributed by atoms with E-state index in [0.717, 1.165) is 11.4 Å². The molecule has 30 heavy (non-hydrogen) atoms. The number of hydrogen-bond donors (Lipinski definition) is 2. The van der Waals surface area contributed by atoms with Crippen LogP contribution in [0.2, 0.25) is 0 Å². The number of carbonyl (C=O) groups excluding carboxylic acids is 1. The second kappa shape index (κ2) is 10.6. The van der Waals surface area contributed by atoms with Gasteiger partial charge in [0.05, 0.1) is 29.4 Å². The average Bonchev–Trinajstić information content (AvgIpc) is 2.77. The quantitative estimate of drug-likeness (QED) is 0.279. The van der Waals surface area contributed by atoms with Crippen molar-refractivity contribution in [3.8, 4) is 5.75 Å². The van der Waals surface area contributed by atoms with Crippen molar-refractivity contribution >= 4 is 34.4 Å². The van der Waals surface area contributed by atoms with Crippen LogP contribution in [0.1, 0.15) is 6.92 Å². The van der Waals surface area contributed by atoms with Crippen LogP contribution in [0.15, 0.2) is 93.3 Å². The standard InChI is InChI=1S/C22H21N5O3/c1-16(29)30-22-12-10-21(11-13-22)27-26-20-8-6-19(7-9-20)25-24-18-4-2-17(3-5-18)23-14-15-28/h2-13,23,28H,14-15H2,1H3. The van der Waals surface area contributed by atoms with Crippen LogP contribution in [-0.4, -0.2) is 24.2 Å². The number of hydrogen-bond acceptors (Lipinski definition) is 8. The fourth-order valence-electron chi connectivity index (χ4n) is 2.41. The number of carbonyl (C=O) groups is 1. The van der Waals surface area contributed by atoms with Gasteiger partial charge in [0.1, 0.15) is 5.75 Å². The van der Waals surface area contributed by atoms with Gasteiger partial charge in [-0.1, -0.05) is 0 Å². The highest BCUT2D eigenvalue weighted by molar-refractivity contribution is 5.69. The van der Waals surface area contributed by atoms with Crippen LogP contribution in [0, 0.1) is 0 Å². The third kappa shape index (κ3) is 6.61. The van der Waals surface area contributed by atoms with Gasteiger partial charge in [0, 0.05) is 19.2 Å². The highest BCUT2D eigenvalue weighted by Crippen LogP contribution is 2.25. The van der Waals surface area contributed by atoms with Crippen LogP contribution in [0.25, 0.3) is 0 Å². The molecule has 152 valence electrons. The summed E-state index contributed by atoms with van der Waals surface area (Å²) in [5.41, 5.74) is 3.66. The molecule has 0 spiro atoms. The number of esters is 1. The Morgan fingerprint density at radius 3 is 1.57 bits per heavy atom. The Balaban J connectivity index is 1.57. The van der Waals surface area contributed by atoms with E-state index in [1.165, 1.54) is 6.92 Å². The zero-order valence-corrected chi connectivity index (χ0v) is 16.4. The van der Waals surface area contributed by atoms with Crippen LogP contribution in [0.4, 0.5) is 28.4 Å². The molecule has 0 heterocycles. The second-order valence-corrected chi connectivity index (χ2v) is 6.20. The van der Waals surface area contributed by atoms with Gasteiger partial charge in [0.15, 0.2) is 0 Å². The summed E-state index contributed by atoms with van der Waals surface area (Å²) < 4.78 is 4.98. The van der Waals surface area contributed by atoms with E-state index in [4.69, 9.17) is 9.84 Å². The predicted octanol–water partition coefficient (Wildman–Crippen LogP) is 5.85. The van der Waals surface area contributed by atoms with Crippen LogP contribution in [-0.2, 0) is 4.79 Å². The molecule has 3 aromatic rings. The minimum Gasteiger partial charge on any atom is -0.427 e. The van der Waals surface area contributed by atoms with E-state index in [-0.39, 0.29) is 12.6 Å². The monoisotopic (exact) mass is 403 g/mol. The van der Waals surface area contributed by atoms with Gasteiger partial charge < -0.3 is 15.2 Å². The molecule has 0 unspecified atom stereocenters. The molecule has 0 aliphatic rings. The van der Waals surface area contributed by atoms with Crippen molar-refractivity contribution < 1.29 is 14.6 Å². The number of anilines is 1. The maximum absolute atomic E-state index is 10.9. The number of azo groups is 2. The molecule has 0 bridgehead atoms. The molecule has 0 aliphatic carbocycles. The second-order valence-electron chi connectivity index (χ2n) is 6.20. The van der Waals surface area contributed by atoms with Crippen molar-refractivity contribution in [2.75, 3.05) is 18.5 Å². The number of benzene rings is 3. The lowest BCUT2D eigenvalue weighted by atomic mass is 10.3. The van der Waals surface area contributed by atoms with Crippen molar-refractivity contribution in [3.63, 3.8) is 0 Å². The number of aliphatic hydroxyl groups excluding tert-OH is 1. The van der Waals surface area contributed by atoms with E-state index in [9.17, 15) is 4.79 Å². The van der Waals surface area contributed by atoms with Crippen LogP contribution < -0.4 is 10.1 Å². The summed E-state index contributed by atoms with van der Waals surface area (Å²) in [4.78, 5) is 10.9. The zero-order chi connectivity index (χ0) is 21.2. The lowest BCUT2D eigenvalue weighted by Crippen LogP contribution is -2.04. The number of aliphatic hydroxyl groups is 1. The zero-order valence-electron chi connectivity index (χ0n) is 16.4. The summed E-state index contributed by atoms with van der Waals surface area (Å²) in [7, 11) is 0. The van der Waals surface area contributed by atoms with Gasteiger partial charge in [-0.05, 0) is 72.8 Å². The number of rotatable bonds is 8. The molecule has 8 heteroatoms. The third-order valence-electron chi connectivity index (χ3n) is 3.82. The fourth-order valence-corrected chi connectivity index (χ4v) is 2.41. The summed E-state index contributed by atoms with van der Waals surface area (Å²) in [6.07, 6.45) is 0. The molecule has 0 aliphatic heterocycles. The van der Waals surface area contributed by atoms with Crippen molar-refractivity contribution in [2.24, 2.45) is 20.5 Å². The third-order valence-corrected chi connectivity index (χ3v) is 3.82. The SMILES string of the molecule is CC(=O)Oc1ccc(N=Nc2ccc(N=Nc3ccc(NCCO)cc3)cc2)cc1. The molecular formula is C22H21N5O3. The fraction of sp³-hybridized carbons (Fsp3) is 0.136. The van der Waals surface area contributed by atoms with Crippen molar-refractivity contribution in [3.05, 3.63) is 72.8 Å². The predicted molar refractivity (Wildman–Crippen MR) is 115 cm³/mol. The summed E-state index contributed by atoms with van der Waals surface area (Å²) in [5.74, 6) is 0.0981. The maximum atomic E-state index is 10.9.